The second kappa shape index (κ2) is 5.48. The summed E-state index contributed by atoms with van der Waals surface area (Å²) in [5, 5.41) is 0. The average molecular weight is 326 g/mol. The number of carbonyl (C=O) groups excluding carboxylic acids is 1. The van der Waals surface area contributed by atoms with Crippen LogP contribution in [-0.4, -0.2) is 5.78 Å². The van der Waals surface area contributed by atoms with E-state index in [0.717, 1.165) is 6.07 Å². The topological polar surface area (TPSA) is 43.1 Å². The molecule has 0 spiro atoms. The van der Waals surface area contributed by atoms with Gasteiger partial charge in [-0.05, 0) is 40.2 Å². The van der Waals surface area contributed by atoms with E-state index in [4.69, 9.17) is 5.73 Å². The number of nitrogen functional groups attached to an aromatic ring is 1. The fourth-order valence-electron chi connectivity index (χ4n) is 1.71. The second-order valence-corrected chi connectivity index (χ2v) is 4.90. The van der Waals surface area contributed by atoms with Crippen molar-refractivity contribution in [2.75, 3.05) is 5.73 Å². The molecule has 5 heteroatoms. The van der Waals surface area contributed by atoms with Crippen molar-refractivity contribution in [2.45, 2.75) is 6.42 Å². The Hall–Kier alpha value is -1.75. The monoisotopic (exact) mass is 325 g/mol. The van der Waals surface area contributed by atoms with Gasteiger partial charge in [-0.1, -0.05) is 12.1 Å². The standard InChI is InChI=1S/C14H10BrF2NO/c15-11-4-5-12(16)10(14(11)17)7-13(19)8-2-1-3-9(18)6-8/h1-6H,7,18H2. The maximum Gasteiger partial charge on any atom is 0.167 e. The van der Waals surface area contributed by atoms with E-state index in [0.29, 0.717) is 11.3 Å². The number of nitrogens with two attached hydrogens (primary N) is 1. The lowest BCUT2D eigenvalue weighted by atomic mass is 10.0. The first-order valence-corrected chi connectivity index (χ1v) is 6.29. The van der Waals surface area contributed by atoms with Gasteiger partial charge in [0.2, 0.25) is 0 Å². The molecule has 19 heavy (non-hydrogen) atoms. The molecule has 0 unspecified atom stereocenters. The van der Waals surface area contributed by atoms with Crippen molar-refractivity contribution < 1.29 is 13.6 Å². The highest BCUT2D eigenvalue weighted by Crippen LogP contribution is 2.23. The van der Waals surface area contributed by atoms with Gasteiger partial charge in [0.15, 0.2) is 5.78 Å². The van der Waals surface area contributed by atoms with Gasteiger partial charge < -0.3 is 5.73 Å². The number of hydrogen-bond acceptors (Lipinski definition) is 2. The van der Waals surface area contributed by atoms with Gasteiger partial charge >= 0.3 is 0 Å². The Bertz CT molecular complexity index is 643. The first-order valence-electron chi connectivity index (χ1n) is 5.50. The molecule has 2 aromatic rings. The van der Waals surface area contributed by atoms with Gasteiger partial charge in [-0.2, -0.15) is 0 Å². The molecular formula is C14H10BrF2NO. The third kappa shape index (κ3) is 2.98. The summed E-state index contributed by atoms with van der Waals surface area (Å²) in [4.78, 5) is 12.0. The zero-order valence-electron chi connectivity index (χ0n) is 9.79. The van der Waals surface area contributed by atoms with E-state index in [1.165, 1.54) is 12.1 Å². The molecule has 2 N–H and O–H groups in total. The highest BCUT2D eigenvalue weighted by atomic mass is 79.9. The van der Waals surface area contributed by atoms with Crippen LogP contribution < -0.4 is 5.73 Å². The zero-order chi connectivity index (χ0) is 14.0. The molecule has 2 nitrogen and oxygen atoms in total. The van der Waals surface area contributed by atoms with Crippen molar-refractivity contribution in [2.24, 2.45) is 0 Å². The summed E-state index contributed by atoms with van der Waals surface area (Å²) >= 11 is 2.97. The number of halogens is 3. The Kier molecular flexibility index (Phi) is 3.95. The van der Waals surface area contributed by atoms with E-state index in [-0.39, 0.29) is 22.2 Å². The van der Waals surface area contributed by atoms with Crippen molar-refractivity contribution >= 4 is 27.4 Å². The lowest BCUT2D eigenvalue weighted by Crippen LogP contribution is -2.08. The normalized spacial score (nSPS) is 10.5. The molecule has 0 bridgehead atoms. The van der Waals surface area contributed by atoms with E-state index in [1.807, 2.05) is 0 Å². The van der Waals surface area contributed by atoms with Gasteiger partial charge in [0.1, 0.15) is 11.6 Å². The molecule has 0 aromatic heterocycles. The molecule has 0 fully saturated rings. The van der Waals surface area contributed by atoms with Gasteiger partial charge in [-0.25, -0.2) is 8.78 Å². The average Bonchev–Trinajstić information content (AvgIpc) is 2.39. The van der Waals surface area contributed by atoms with Crippen LogP contribution in [0.25, 0.3) is 0 Å². The van der Waals surface area contributed by atoms with Crippen LogP contribution in [0.2, 0.25) is 0 Å². The van der Waals surface area contributed by atoms with Crippen molar-refractivity contribution in [1.82, 2.24) is 0 Å². The van der Waals surface area contributed by atoms with E-state index in [2.05, 4.69) is 15.9 Å². The fourth-order valence-corrected chi connectivity index (χ4v) is 2.08. The third-order valence-electron chi connectivity index (χ3n) is 2.68. The fraction of sp³-hybridized carbons (Fsp3) is 0.0714. The third-order valence-corrected chi connectivity index (χ3v) is 3.30. The van der Waals surface area contributed by atoms with Crippen molar-refractivity contribution in [1.29, 1.82) is 0 Å². The molecular weight excluding hydrogens is 316 g/mol. The number of anilines is 1. The molecule has 0 amide bonds. The summed E-state index contributed by atoms with van der Waals surface area (Å²) in [6, 6.07) is 8.68. The zero-order valence-corrected chi connectivity index (χ0v) is 11.4. The Balaban J connectivity index is 2.32. The minimum Gasteiger partial charge on any atom is -0.399 e. The summed E-state index contributed by atoms with van der Waals surface area (Å²) in [6.45, 7) is 0. The predicted molar refractivity (Wildman–Crippen MR) is 72.9 cm³/mol. The number of rotatable bonds is 3. The summed E-state index contributed by atoms with van der Waals surface area (Å²) in [5.74, 6) is -1.88. The van der Waals surface area contributed by atoms with E-state index < -0.39 is 11.6 Å². The minimum absolute atomic E-state index is 0.129. The van der Waals surface area contributed by atoms with Crippen molar-refractivity contribution in [3.63, 3.8) is 0 Å². The van der Waals surface area contributed by atoms with Crippen LogP contribution in [0.5, 0.6) is 0 Å². The number of benzene rings is 2. The molecule has 0 aliphatic carbocycles. The summed E-state index contributed by atoms with van der Waals surface area (Å²) in [7, 11) is 0. The molecule has 2 rings (SSSR count). The lowest BCUT2D eigenvalue weighted by Gasteiger charge is -2.06. The molecule has 98 valence electrons. The van der Waals surface area contributed by atoms with Gasteiger partial charge in [-0.15, -0.1) is 0 Å². The Morgan fingerprint density at radius 1 is 1.21 bits per heavy atom. The highest BCUT2D eigenvalue weighted by Gasteiger charge is 2.17. The smallest absolute Gasteiger partial charge is 0.167 e. The van der Waals surface area contributed by atoms with Crippen LogP contribution in [0.15, 0.2) is 40.9 Å². The van der Waals surface area contributed by atoms with Crippen LogP contribution in [0.3, 0.4) is 0 Å². The van der Waals surface area contributed by atoms with E-state index in [9.17, 15) is 13.6 Å². The second-order valence-electron chi connectivity index (χ2n) is 4.05. The minimum atomic E-state index is -0.753. The van der Waals surface area contributed by atoms with E-state index >= 15 is 0 Å². The van der Waals surface area contributed by atoms with Crippen LogP contribution in [0, 0.1) is 11.6 Å². The number of carbonyl (C=O) groups is 1. The van der Waals surface area contributed by atoms with Crippen LogP contribution >= 0.6 is 15.9 Å². The quantitative estimate of drug-likeness (QED) is 0.530. The summed E-state index contributed by atoms with van der Waals surface area (Å²) < 4.78 is 27.4. The number of hydrogen-bond donors (Lipinski definition) is 1. The van der Waals surface area contributed by atoms with Gasteiger partial charge in [0, 0.05) is 23.2 Å². The largest absolute Gasteiger partial charge is 0.399 e. The van der Waals surface area contributed by atoms with Crippen LogP contribution in [-0.2, 0) is 6.42 Å². The van der Waals surface area contributed by atoms with Crippen molar-refractivity contribution in [3.05, 3.63) is 63.6 Å². The molecule has 0 radical (unpaired) electrons. The molecule has 0 aliphatic heterocycles. The molecule has 0 atom stereocenters. The maximum absolute atomic E-state index is 13.8. The first-order chi connectivity index (χ1) is 8.99. The first kappa shape index (κ1) is 13.7. The molecule has 2 aromatic carbocycles. The van der Waals surface area contributed by atoms with E-state index in [1.54, 1.807) is 18.2 Å². The maximum atomic E-state index is 13.8. The summed E-state index contributed by atoms with van der Waals surface area (Å²) in [5.41, 5.74) is 6.08. The SMILES string of the molecule is Nc1cccc(C(=O)Cc2c(F)ccc(Br)c2F)c1. The molecule has 0 saturated carbocycles. The summed E-state index contributed by atoms with van der Waals surface area (Å²) in [6.07, 6.45) is -0.347. The number of ketones is 1. The Labute approximate surface area is 117 Å². The number of Topliss-reactive ketones (excluding diaryl/α,β-unsaturated/α-hetero) is 1. The van der Waals surface area contributed by atoms with Gasteiger partial charge in [0.05, 0.1) is 4.47 Å². The Morgan fingerprint density at radius 2 is 1.95 bits per heavy atom. The lowest BCUT2D eigenvalue weighted by molar-refractivity contribution is 0.0990. The van der Waals surface area contributed by atoms with Crippen LogP contribution in [0.4, 0.5) is 14.5 Å². The van der Waals surface area contributed by atoms with Crippen LogP contribution in [0.1, 0.15) is 15.9 Å². The highest BCUT2D eigenvalue weighted by molar-refractivity contribution is 9.10. The molecule has 0 saturated heterocycles. The molecule has 0 heterocycles. The molecule has 0 aliphatic rings. The van der Waals surface area contributed by atoms with Gasteiger partial charge in [-0.3, -0.25) is 4.79 Å². The van der Waals surface area contributed by atoms with Crippen molar-refractivity contribution in [3.8, 4) is 0 Å². The Morgan fingerprint density at radius 3 is 2.63 bits per heavy atom. The van der Waals surface area contributed by atoms with Gasteiger partial charge in [0.25, 0.3) is 0 Å². The predicted octanol–water partition coefficient (Wildman–Crippen LogP) is 3.73.